The smallest absolute Gasteiger partial charge is 0.422 e. The molecule has 0 amide bonds. The first-order chi connectivity index (χ1) is 15.2. The van der Waals surface area contributed by atoms with Gasteiger partial charge in [-0.3, -0.25) is 0 Å². The van der Waals surface area contributed by atoms with Crippen molar-refractivity contribution in [3.05, 3.63) is 57.3 Å². The zero-order chi connectivity index (χ0) is 22.9. The highest BCUT2D eigenvalue weighted by Crippen LogP contribution is 2.38. The van der Waals surface area contributed by atoms with Gasteiger partial charge in [-0.15, -0.1) is 0 Å². The lowest BCUT2D eigenvalue weighted by molar-refractivity contribution is -0.153. The largest absolute Gasteiger partial charge is 0.493 e. The Kier molecular flexibility index (Phi) is 6.43. The Morgan fingerprint density at radius 3 is 2.81 bits per heavy atom. The zero-order valence-corrected chi connectivity index (χ0v) is 18.8. The molecule has 1 aromatic heterocycles. The summed E-state index contributed by atoms with van der Waals surface area (Å²) in [4.78, 5) is 4.47. The summed E-state index contributed by atoms with van der Waals surface area (Å²) in [5, 5.41) is 4.04. The molecule has 0 bridgehead atoms. The molecule has 10 heteroatoms. The number of rotatable bonds is 6. The van der Waals surface area contributed by atoms with Gasteiger partial charge in [-0.1, -0.05) is 11.2 Å². The Morgan fingerprint density at radius 2 is 2.06 bits per heavy atom. The van der Waals surface area contributed by atoms with Crippen molar-refractivity contribution in [1.29, 1.82) is 0 Å². The predicted molar refractivity (Wildman–Crippen MR) is 115 cm³/mol. The van der Waals surface area contributed by atoms with Crippen LogP contribution in [-0.2, 0) is 12.8 Å². The molecule has 1 atom stereocenters. The SMILES string of the molecule is COc1cc(Cc2noc(-c3ccc4c(c3)CCCC4N)n2)cc(Br)c1OCC(F)(F)F. The molecule has 0 saturated carbocycles. The van der Waals surface area contributed by atoms with Crippen LogP contribution in [0.2, 0.25) is 0 Å². The molecular formula is C22H21BrF3N3O3. The molecule has 1 aliphatic rings. The second-order valence-electron chi connectivity index (χ2n) is 7.62. The third-order valence-electron chi connectivity index (χ3n) is 5.25. The Bertz CT molecular complexity index is 1120. The Labute approximate surface area is 191 Å². The normalized spacial score (nSPS) is 16.0. The van der Waals surface area contributed by atoms with Crippen LogP contribution in [-0.4, -0.2) is 30.0 Å². The molecule has 170 valence electrons. The Balaban J connectivity index is 1.53. The Morgan fingerprint density at radius 1 is 1.25 bits per heavy atom. The number of aryl methyl sites for hydroxylation is 1. The second kappa shape index (κ2) is 9.11. The minimum Gasteiger partial charge on any atom is -0.493 e. The number of ether oxygens (including phenoxy) is 2. The number of nitrogens with zero attached hydrogens (tertiary/aromatic N) is 2. The standard InChI is InChI=1S/C22H21BrF3N3O3/c1-30-18-8-12(7-16(23)20(18)31-11-22(24,25)26)9-19-28-21(32-29-19)14-5-6-15-13(10-14)3-2-4-17(15)27/h5-8,10,17H,2-4,9,11,27H2,1H3. The highest BCUT2D eigenvalue weighted by Gasteiger charge is 2.29. The lowest BCUT2D eigenvalue weighted by Gasteiger charge is -2.22. The van der Waals surface area contributed by atoms with Gasteiger partial charge in [-0.25, -0.2) is 0 Å². The van der Waals surface area contributed by atoms with Crippen LogP contribution >= 0.6 is 15.9 Å². The zero-order valence-electron chi connectivity index (χ0n) is 17.2. The first-order valence-electron chi connectivity index (χ1n) is 10.0. The fourth-order valence-corrected chi connectivity index (χ4v) is 4.38. The predicted octanol–water partition coefficient (Wildman–Crippen LogP) is 5.38. The maximum atomic E-state index is 12.5. The van der Waals surface area contributed by atoms with E-state index in [1.807, 2.05) is 18.2 Å². The van der Waals surface area contributed by atoms with Crippen molar-refractivity contribution < 1.29 is 27.2 Å². The van der Waals surface area contributed by atoms with Crippen LogP contribution in [0.25, 0.3) is 11.5 Å². The van der Waals surface area contributed by atoms with Gasteiger partial charge in [0.25, 0.3) is 5.89 Å². The van der Waals surface area contributed by atoms with Crippen molar-refractivity contribution in [2.24, 2.45) is 5.73 Å². The number of halogens is 4. The topological polar surface area (TPSA) is 83.4 Å². The number of aromatic nitrogens is 2. The molecule has 2 aromatic carbocycles. The van der Waals surface area contributed by atoms with Crippen LogP contribution in [0.4, 0.5) is 13.2 Å². The number of nitrogens with two attached hydrogens (primary N) is 1. The number of hydrogen-bond donors (Lipinski definition) is 1. The van der Waals surface area contributed by atoms with Gasteiger partial charge in [0.05, 0.1) is 11.6 Å². The van der Waals surface area contributed by atoms with Crippen molar-refractivity contribution in [1.82, 2.24) is 10.1 Å². The van der Waals surface area contributed by atoms with E-state index >= 15 is 0 Å². The summed E-state index contributed by atoms with van der Waals surface area (Å²) in [5.74, 6) is 0.994. The molecule has 1 unspecified atom stereocenters. The van der Waals surface area contributed by atoms with Gasteiger partial charge in [0.2, 0.25) is 0 Å². The third-order valence-corrected chi connectivity index (χ3v) is 5.84. The number of benzene rings is 2. The summed E-state index contributed by atoms with van der Waals surface area (Å²) < 4.78 is 53.4. The minimum atomic E-state index is -4.45. The van der Waals surface area contributed by atoms with Crippen LogP contribution in [0.15, 0.2) is 39.3 Å². The summed E-state index contributed by atoms with van der Waals surface area (Å²) in [5.41, 5.74) is 10.1. The minimum absolute atomic E-state index is 0.0188. The highest BCUT2D eigenvalue weighted by atomic mass is 79.9. The summed E-state index contributed by atoms with van der Waals surface area (Å²) >= 11 is 3.25. The third kappa shape index (κ3) is 5.07. The van der Waals surface area contributed by atoms with Crippen molar-refractivity contribution in [2.45, 2.75) is 37.9 Å². The molecule has 2 N–H and O–H groups in total. The number of methoxy groups -OCH3 is 1. The monoisotopic (exact) mass is 511 g/mol. The summed E-state index contributed by atoms with van der Waals surface area (Å²) in [6.45, 7) is -1.42. The van der Waals surface area contributed by atoms with E-state index in [1.165, 1.54) is 12.7 Å². The van der Waals surface area contributed by atoms with E-state index in [1.54, 1.807) is 12.1 Å². The first-order valence-corrected chi connectivity index (χ1v) is 10.8. The van der Waals surface area contributed by atoms with Gasteiger partial charge in [0, 0.05) is 18.0 Å². The molecule has 0 aliphatic heterocycles. The highest BCUT2D eigenvalue weighted by molar-refractivity contribution is 9.10. The van der Waals surface area contributed by atoms with Crippen LogP contribution in [0, 0.1) is 0 Å². The molecule has 0 fully saturated rings. The quantitative estimate of drug-likeness (QED) is 0.478. The van der Waals surface area contributed by atoms with Crippen LogP contribution < -0.4 is 15.2 Å². The van der Waals surface area contributed by atoms with Crippen LogP contribution in [0.1, 0.15) is 41.4 Å². The van der Waals surface area contributed by atoms with Gasteiger partial charge in [0.1, 0.15) is 0 Å². The lowest BCUT2D eigenvalue weighted by atomic mass is 9.87. The lowest BCUT2D eigenvalue weighted by Crippen LogP contribution is -2.19. The second-order valence-corrected chi connectivity index (χ2v) is 8.47. The van der Waals surface area contributed by atoms with Gasteiger partial charge in [-0.05, 0) is 76.1 Å². The van der Waals surface area contributed by atoms with E-state index in [0.29, 0.717) is 22.6 Å². The summed E-state index contributed by atoms with van der Waals surface area (Å²) in [6.07, 6.45) is -1.16. The van der Waals surface area contributed by atoms with Gasteiger partial charge in [-0.2, -0.15) is 18.2 Å². The van der Waals surface area contributed by atoms with E-state index in [4.69, 9.17) is 19.7 Å². The van der Waals surface area contributed by atoms with E-state index in [2.05, 4.69) is 26.1 Å². The molecule has 3 aromatic rings. The van der Waals surface area contributed by atoms with E-state index in [-0.39, 0.29) is 17.5 Å². The number of alkyl halides is 3. The molecule has 1 aliphatic carbocycles. The molecular weight excluding hydrogens is 491 g/mol. The van der Waals surface area contributed by atoms with E-state index < -0.39 is 12.8 Å². The average molecular weight is 512 g/mol. The number of hydrogen-bond acceptors (Lipinski definition) is 6. The van der Waals surface area contributed by atoms with Gasteiger partial charge < -0.3 is 19.7 Å². The molecule has 4 rings (SSSR count). The van der Waals surface area contributed by atoms with Crippen LogP contribution in [0.3, 0.4) is 0 Å². The maximum absolute atomic E-state index is 12.5. The molecule has 0 radical (unpaired) electrons. The molecule has 0 spiro atoms. The first kappa shape index (κ1) is 22.6. The van der Waals surface area contributed by atoms with E-state index in [0.717, 1.165) is 36.0 Å². The summed E-state index contributed by atoms with van der Waals surface area (Å²) in [6, 6.07) is 9.27. The van der Waals surface area contributed by atoms with Gasteiger partial charge >= 0.3 is 6.18 Å². The van der Waals surface area contributed by atoms with Crippen molar-refractivity contribution in [3.8, 4) is 23.0 Å². The van der Waals surface area contributed by atoms with Crippen LogP contribution in [0.5, 0.6) is 11.5 Å². The van der Waals surface area contributed by atoms with Crippen molar-refractivity contribution >= 4 is 15.9 Å². The van der Waals surface area contributed by atoms with Crippen molar-refractivity contribution in [3.63, 3.8) is 0 Å². The van der Waals surface area contributed by atoms with E-state index in [9.17, 15) is 13.2 Å². The fourth-order valence-electron chi connectivity index (χ4n) is 3.78. The summed E-state index contributed by atoms with van der Waals surface area (Å²) in [7, 11) is 1.36. The maximum Gasteiger partial charge on any atom is 0.422 e. The molecule has 32 heavy (non-hydrogen) atoms. The molecule has 6 nitrogen and oxygen atoms in total. The fraction of sp³-hybridized carbons (Fsp3) is 0.364. The van der Waals surface area contributed by atoms with Crippen molar-refractivity contribution in [2.75, 3.05) is 13.7 Å². The van der Waals surface area contributed by atoms with Gasteiger partial charge in [0.15, 0.2) is 23.9 Å². The Hall–Kier alpha value is -2.59. The number of fused-ring (bicyclic) bond motifs is 1. The molecule has 1 heterocycles. The molecule has 0 saturated heterocycles. The average Bonchev–Trinajstić information content (AvgIpc) is 3.20.